The van der Waals surface area contributed by atoms with Crippen molar-refractivity contribution in [3.8, 4) is 0 Å². The van der Waals surface area contributed by atoms with Gasteiger partial charge in [0.1, 0.15) is 0 Å². The topological polar surface area (TPSA) is 33.1 Å². The van der Waals surface area contributed by atoms with Gasteiger partial charge >= 0.3 is 0 Å². The van der Waals surface area contributed by atoms with E-state index in [-0.39, 0.29) is 0 Å². The minimum atomic E-state index is -0.922. The summed E-state index contributed by atoms with van der Waals surface area (Å²) >= 11 is 9.56. The van der Waals surface area contributed by atoms with Crippen molar-refractivity contribution in [3.63, 3.8) is 0 Å². The fraction of sp³-hybridized carbons (Fsp3) is 0.267. The molecular formula is C15H15BrClNO. The van der Waals surface area contributed by atoms with Gasteiger partial charge in [-0.05, 0) is 35.7 Å². The molecule has 0 bridgehead atoms. The van der Waals surface area contributed by atoms with Crippen LogP contribution < -0.4 is 0 Å². The highest BCUT2D eigenvalue weighted by Gasteiger charge is 2.28. The molecule has 19 heavy (non-hydrogen) atoms. The van der Waals surface area contributed by atoms with Crippen molar-refractivity contribution in [2.45, 2.75) is 25.4 Å². The largest absolute Gasteiger partial charge is 0.385 e. The summed E-state index contributed by atoms with van der Waals surface area (Å²) in [7, 11) is 0. The average Bonchev–Trinajstić information content (AvgIpc) is 2.41. The first-order valence-electron chi connectivity index (χ1n) is 6.12. The predicted molar refractivity (Wildman–Crippen MR) is 81.3 cm³/mol. The fourth-order valence-corrected chi connectivity index (χ4v) is 2.66. The van der Waals surface area contributed by atoms with Gasteiger partial charge < -0.3 is 5.11 Å². The molecule has 0 amide bonds. The van der Waals surface area contributed by atoms with Crippen LogP contribution in [0.3, 0.4) is 0 Å². The van der Waals surface area contributed by atoms with E-state index in [4.69, 9.17) is 11.6 Å². The average molecular weight is 341 g/mol. The summed E-state index contributed by atoms with van der Waals surface area (Å²) in [4.78, 5) is 3.97. The molecule has 0 saturated heterocycles. The van der Waals surface area contributed by atoms with Crippen molar-refractivity contribution in [2.24, 2.45) is 0 Å². The van der Waals surface area contributed by atoms with Gasteiger partial charge in [-0.1, -0.05) is 46.6 Å². The van der Waals surface area contributed by atoms with Crippen LogP contribution in [0.15, 0.2) is 47.2 Å². The van der Waals surface area contributed by atoms with Gasteiger partial charge in [0.25, 0.3) is 0 Å². The Morgan fingerprint density at radius 2 is 2.16 bits per heavy atom. The minimum absolute atomic E-state index is 0.474. The van der Waals surface area contributed by atoms with Crippen LogP contribution in [-0.4, -0.2) is 10.1 Å². The van der Waals surface area contributed by atoms with Crippen LogP contribution in [0.2, 0.25) is 5.02 Å². The Kier molecular flexibility index (Phi) is 4.61. The number of pyridine rings is 1. The Balaban J connectivity index is 2.36. The molecular weight excluding hydrogens is 326 g/mol. The van der Waals surface area contributed by atoms with Crippen LogP contribution in [0.25, 0.3) is 0 Å². The van der Waals surface area contributed by atoms with Crippen molar-refractivity contribution in [1.82, 2.24) is 4.98 Å². The molecule has 100 valence electrons. The molecule has 0 aliphatic heterocycles. The lowest BCUT2D eigenvalue weighted by atomic mass is 9.85. The molecule has 1 unspecified atom stereocenters. The third-order valence-corrected chi connectivity index (χ3v) is 4.12. The highest BCUT2D eigenvalue weighted by atomic mass is 79.9. The first kappa shape index (κ1) is 14.5. The maximum atomic E-state index is 10.9. The van der Waals surface area contributed by atoms with Crippen LogP contribution in [0.4, 0.5) is 0 Å². The maximum absolute atomic E-state index is 10.9. The molecule has 0 aliphatic carbocycles. The lowest BCUT2D eigenvalue weighted by Crippen LogP contribution is -2.27. The number of rotatable bonds is 4. The van der Waals surface area contributed by atoms with E-state index in [0.717, 1.165) is 15.6 Å². The summed E-state index contributed by atoms with van der Waals surface area (Å²) in [6, 6.07) is 9.59. The number of benzene rings is 1. The fourth-order valence-electron chi connectivity index (χ4n) is 2.07. The summed E-state index contributed by atoms with van der Waals surface area (Å²) < 4.78 is 0.956. The summed E-state index contributed by atoms with van der Waals surface area (Å²) in [5, 5.41) is 11.5. The minimum Gasteiger partial charge on any atom is -0.385 e. The highest BCUT2D eigenvalue weighted by molar-refractivity contribution is 9.10. The summed E-state index contributed by atoms with van der Waals surface area (Å²) in [5.41, 5.74) is 0.868. The van der Waals surface area contributed by atoms with Gasteiger partial charge in [0, 0.05) is 23.3 Å². The van der Waals surface area contributed by atoms with Crippen LogP contribution in [0.5, 0.6) is 0 Å². The zero-order valence-corrected chi connectivity index (χ0v) is 12.9. The quantitative estimate of drug-likeness (QED) is 0.898. The molecule has 0 radical (unpaired) electrons. The van der Waals surface area contributed by atoms with Crippen LogP contribution in [0, 0.1) is 0 Å². The van der Waals surface area contributed by atoms with E-state index in [1.54, 1.807) is 12.4 Å². The standard InChI is InChI=1S/C15H15BrClNO/c1-2-15(19,12-4-3-5-13(16)8-12)9-11-6-7-18-10-14(11)17/h3-8,10,19H,2,9H2,1H3. The molecule has 1 aromatic carbocycles. The Hall–Kier alpha value is -0.900. The Labute approximate surface area is 126 Å². The van der Waals surface area contributed by atoms with Crippen molar-refractivity contribution in [1.29, 1.82) is 0 Å². The lowest BCUT2D eigenvalue weighted by molar-refractivity contribution is 0.0327. The molecule has 1 N–H and O–H groups in total. The second-order valence-corrected chi connectivity index (χ2v) is 5.86. The van der Waals surface area contributed by atoms with E-state index in [0.29, 0.717) is 17.9 Å². The van der Waals surface area contributed by atoms with E-state index < -0.39 is 5.60 Å². The number of nitrogens with zero attached hydrogens (tertiary/aromatic N) is 1. The summed E-state index contributed by atoms with van der Waals surface area (Å²) in [6.45, 7) is 1.97. The zero-order valence-electron chi connectivity index (χ0n) is 10.6. The van der Waals surface area contributed by atoms with E-state index >= 15 is 0 Å². The van der Waals surface area contributed by atoms with Gasteiger partial charge in [-0.15, -0.1) is 0 Å². The lowest BCUT2D eigenvalue weighted by Gasteiger charge is -2.28. The number of aliphatic hydroxyl groups is 1. The summed E-state index contributed by atoms with van der Waals surface area (Å²) in [5.74, 6) is 0. The molecule has 1 atom stereocenters. The Bertz CT molecular complexity index is 576. The molecule has 0 fully saturated rings. The van der Waals surface area contributed by atoms with Crippen LogP contribution >= 0.6 is 27.5 Å². The normalized spacial score (nSPS) is 14.1. The van der Waals surface area contributed by atoms with Crippen molar-refractivity contribution in [3.05, 3.63) is 63.3 Å². The third-order valence-electron chi connectivity index (χ3n) is 3.29. The van der Waals surface area contributed by atoms with Gasteiger partial charge in [0.2, 0.25) is 0 Å². The van der Waals surface area contributed by atoms with Crippen LogP contribution in [0.1, 0.15) is 24.5 Å². The van der Waals surface area contributed by atoms with E-state index in [1.165, 1.54) is 0 Å². The van der Waals surface area contributed by atoms with Crippen molar-refractivity contribution >= 4 is 27.5 Å². The molecule has 0 aliphatic rings. The first-order chi connectivity index (χ1) is 9.05. The first-order valence-corrected chi connectivity index (χ1v) is 7.29. The number of aromatic nitrogens is 1. The SMILES string of the molecule is CCC(O)(Cc1ccncc1Cl)c1cccc(Br)c1. The van der Waals surface area contributed by atoms with Gasteiger partial charge in [0.05, 0.1) is 10.6 Å². The summed E-state index contributed by atoms with van der Waals surface area (Å²) in [6.07, 6.45) is 4.38. The van der Waals surface area contributed by atoms with Gasteiger partial charge in [-0.25, -0.2) is 0 Å². The number of hydrogen-bond acceptors (Lipinski definition) is 2. The number of hydrogen-bond donors (Lipinski definition) is 1. The second-order valence-electron chi connectivity index (χ2n) is 4.54. The maximum Gasteiger partial charge on any atom is 0.0935 e. The van der Waals surface area contributed by atoms with Gasteiger partial charge in [-0.3, -0.25) is 4.98 Å². The Morgan fingerprint density at radius 1 is 1.37 bits per heavy atom. The number of halogens is 2. The second kappa shape index (κ2) is 6.04. The smallest absolute Gasteiger partial charge is 0.0935 e. The predicted octanol–water partition coefficient (Wildman–Crippen LogP) is 4.34. The molecule has 2 aromatic rings. The van der Waals surface area contributed by atoms with Gasteiger partial charge in [0.15, 0.2) is 0 Å². The monoisotopic (exact) mass is 339 g/mol. The van der Waals surface area contributed by atoms with Crippen molar-refractivity contribution in [2.75, 3.05) is 0 Å². The molecule has 2 nitrogen and oxygen atoms in total. The molecule has 0 saturated carbocycles. The molecule has 2 rings (SSSR count). The van der Waals surface area contributed by atoms with Crippen molar-refractivity contribution < 1.29 is 5.11 Å². The Morgan fingerprint density at radius 3 is 2.79 bits per heavy atom. The molecule has 4 heteroatoms. The zero-order chi connectivity index (χ0) is 13.9. The molecule has 1 aromatic heterocycles. The molecule has 1 heterocycles. The third kappa shape index (κ3) is 3.35. The van der Waals surface area contributed by atoms with E-state index in [1.807, 2.05) is 37.3 Å². The van der Waals surface area contributed by atoms with E-state index in [2.05, 4.69) is 20.9 Å². The molecule has 0 spiro atoms. The van der Waals surface area contributed by atoms with Gasteiger partial charge in [-0.2, -0.15) is 0 Å². The van der Waals surface area contributed by atoms with Crippen LogP contribution in [-0.2, 0) is 12.0 Å². The highest BCUT2D eigenvalue weighted by Crippen LogP contribution is 2.32. The van der Waals surface area contributed by atoms with E-state index in [9.17, 15) is 5.11 Å².